The average molecular weight is 190 g/mol. The van der Waals surface area contributed by atoms with Crippen LogP contribution in [-0.2, 0) is 0 Å². The van der Waals surface area contributed by atoms with Crippen molar-refractivity contribution in [2.24, 2.45) is 0 Å². The van der Waals surface area contributed by atoms with Crippen LogP contribution in [0, 0.1) is 11.6 Å². The molecular weight excluding hydrogens is 179 g/mol. The molecule has 0 aliphatic rings. The molecule has 1 unspecified atom stereocenters. The van der Waals surface area contributed by atoms with Crippen molar-refractivity contribution in [2.45, 2.75) is 6.92 Å². The molecule has 1 nitrogen and oxygen atoms in total. The topological polar surface area (TPSA) is 4.44 Å². The third-order valence-corrected chi connectivity index (χ3v) is 1.90. The fourth-order valence-electron chi connectivity index (χ4n) is 1.13. The molecule has 72 valence electrons. The summed E-state index contributed by atoms with van der Waals surface area (Å²) in [5.41, 5.74) is 0.0463. The minimum atomic E-state index is -0.739. The van der Waals surface area contributed by atoms with Crippen molar-refractivity contribution in [2.75, 3.05) is 13.3 Å². The average Bonchev–Trinajstić information content (AvgIpc) is 2.13. The molecule has 1 aromatic rings. The van der Waals surface area contributed by atoms with Crippen LogP contribution in [0.15, 0.2) is 18.2 Å². The third-order valence-electron chi connectivity index (χ3n) is 1.90. The molecule has 1 N–H and O–H groups in total. The lowest BCUT2D eigenvalue weighted by Crippen LogP contribution is -3.06. The molecule has 0 spiro atoms. The van der Waals surface area contributed by atoms with Crippen LogP contribution in [0.2, 0.25) is 0 Å². The molecule has 0 fully saturated rings. The van der Waals surface area contributed by atoms with E-state index in [2.05, 4.69) is 0 Å². The summed E-state index contributed by atoms with van der Waals surface area (Å²) in [5, 5.41) is 0. The number of halogens is 3. The van der Waals surface area contributed by atoms with E-state index in [4.69, 9.17) is 0 Å². The fraction of sp³-hybridized carbons (Fsp3) is 0.333. The standard InChI is InChI=1S/C9H10F3N/c1-2-13(6-10)9-5-7(11)3-4-8(9)12/h3-5H,2,6H2,1H3/p+1. The number of hydrogen-bond acceptors (Lipinski definition) is 0. The molecule has 0 aromatic heterocycles. The predicted molar refractivity (Wildman–Crippen MR) is 43.5 cm³/mol. The van der Waals surface area contributed by atoms with Crippen LogP contribution >= 0.6 is 0 Å². The normalized spacial score (nSPS) is 12.9. The molecule has 0 saturated heterocycles. The zero-order valence-electron chi connectivity index (χ0n) is 7.28. The lowest BCUT2D eigenvalue weighted by atomic mass is 10.2. The Kier molecular flexibility index (Phi) is 3.31. The van der Waals surface area contributed by atoms with Crippen LogP contribution in [-0.4, -0.2) is 13.3 Å². The first-order valence-electron chi connectivity index (χ1n) is 4.05. The maximum absolute atomic E-state index is 13.0. The largest absolute Gasteiger partial charge is 0.274 e. The molecule has 0 bridgehead atoms. The van der Waals surface area contributed by atoms with Gasteiger partial charge in [-0.05, 0) is 19.1 Å². The molecule has 13 heavy (non-hydrogen) atoms. The van der Waals surface area contributed by atoms with E-state index in [1.807, 2.05) is 0 Å². The highest BCUT2D eigenvalue weighted by atomic mass is 19.1. The SMILES string of the molecule is CC[NH+](CF)c1cc(F)ccc1F. The van der Waals surface area contributed by atoms with E-state index < -0.39 is 18.4 Å². The zero-order valence-corrected chi connectivity index (χ0v) is 7.28. The third kappa shape index (κ3) is 2.21. The van der Waals surface area contributed by atoms with Crippen molar-refractivity contribution in [3.63, 3.8) is 0 Å². The van der Waals surface area contributed by atoms with Crippen molar-refractivity contribution in [3.8, 4) is 0 Å². The van der Waals surface area contributed by atoms with Gasteiger partial charge in [-0.2, -0.15) is 4.39 Å². The number of alkyl halides is 1. The van der Waals surface area contributed by atoms with Crippen LogP contribution < -0.4 is 4.90 Å². The minimum Gasteiger partial charge on any atom is -0.274 e. The highest BCUT2D eigenvalue weighted by molar-refractivity contribution is 5.31. The van der Waals surface area contributed by atoms with Gasteiger partial charge in [-0.1, -0.05) is 0 Å². The molecule has 0 amide bonds. The van der Waals surface area contributed by atoms with Crippen molar-refractivity contribution in [3.05, 3.63) is 29.8 Å². The van der Waals surface area contributed by atoms with E-state index in [0.717, 1.165) is 18.2 Å². The van der Waals surface area contributed by atoms with E-state index in [9.17, 15) is 13.2 Å². The molecule has 1 rings (SSSR count). The molecule has 0 aliphatic heterocycles. The number of hydrogen-bond donors (Lipinski definition) is 1. The van der Waals surface area contributed by atoms with Gasteiger partial charge in [-0.15, -0.1) is 0 Å². The van der Waals surface area contributed by atoms with Gasteiger partial charge in [0.15, 0.2) is 11.5 Å². The van der Waals surface area contributed by atoms with Crippen LogP contribution in [0.1, 0.15) is 6.92 Å². The van der Waals surface area contributed by atoms with Crippen LogP contribution in [0.4, 0.5) is 18.9 Å². The number of nitrogens with one attached hydrogen (secondary N) is 1. The first-order valence-corrected chi connectivity index (χ1v) is 4.05. The summed E-state index contributed by atoms with van der Waals surface area (Å²) in [6.07, 6.45) is 0. The molecular formula is C9H11F3N+. The highest BCUT2D eigenvalue weighted by Gasteiger charge is 2.15. The number of rotatable bonds is 3. The molecule has 1 atom stereocenters. The predicted octanol–water partition coefficient (Wildman–Crippen LogP) is 1.43. The summed E-state index contributed by atoms with van der Waals surface area (Å²) in [5.74, 6) is -1.12. The van der Waals surface area contributed by atoms with Gasteiger partial charge < -0.3 is 0 Å². The maximum atomic E-state index is 13.0. The number of benzene rings is 1. The molecule has 1 aromatic carbocycles. The summed E-state index contributed by atoms with van der Waals surface area (Å²) >= 11 is 0. The van der Waals surface area contributed by atoms with Gasteiger partial charge in [-0.25, -0.2) is 8.78 Å². The van der Waals surface area contributed by atoms with Gasteiger partial charge in [0.2, 0.25) is 6.80 Å². The fourth-order valence-corrected chi connectivity index (χ4v) is 1.13. The Bertz CT molecular complexity index is 284. The molecule has 0 heterocycles. The Morgan fingerprint density at radius 1 is 1.31 bits per heavy atom. The summed E-state index contributed by atoms with van der Waals surface area (Å²) in [6, 6.07) is 3.05. The van der Waals surface area contributed by atoms with Gasteiger partial charge in [-0.3, -0.25) is 4.90 Å². The van der Waals surface area contributed by atoms with Gasteiger partial charge in [0.25, 0.3) is 0 Å². The van der Waals surface area contributed by atoms with Crippen LogP contribution in [0.5, 0.6) is 0 Å². The van der Waals surface area contributed by atoms with Crippen LogP contribution in [0.3, 0.4) is 0 Å². The van der Waals surface area contributed by atoms with Crippen molar-refractivity contribution in [1.82, 2.24) is 0 Å². The van der Waals surface area contributed by atoms with Crippen LogP contribution in [0.25, 0.3) is 0 Å². The Labute approximate surface area is 74.8 Å². The summed E-state index contributed by atoms with van der Waals surface area (Å²) in [7, 11) is 0. The highest BCUT2D eigenvalue weighted by Crippen LogP contribution is 2.10. The Balaban J connectivity index is 3.03. The lowest BCUT2D eigenvalue weighted by Gasteiger charge is -2.12. The van der Waals surface area contributed by atoms with E-state index in [0.29, 0.717) is 6.54 Å². The van der Waals surface area contributed by atoms with Gasteiger partial charge in [0, 0.05) is 6.07 Å². The molecule has 4 heteroatoms. The molecule has 0 radical (unpaired) electrons. The second kappa shape index (κ2) is 4.28. The zero-order chi connectivity index (χ0) is 9.84. The van der Waals surface area contributed by atoms with Crippen molar-refractivity contribution in [1.29, 1.82) is 0 Å². The maximum Gasteiger partial charge on any atom is 0.225 e. The molecule has 0 saturated carbocycles. The minimum absolute atomic E-state index is 0.0463. The van der Waals surface area contributed by atoms with Crippen molar-refractivity contribution >= 4 is 5.69 Å². The molecule has 0 aliphatic carbocycles. The second-order valence-electron chi connectivity index (χ2n) is 2.71. The smallest absolute Gasteiger partial charge is 0.225 e. The first-order chi connectivity index (χ1) is 6.19. The number of quaternary nitrogens is 1. The quantitative estimate of drug-likeness (QED) is 0.688. The first kappa shape index (κ1) is 10.1. The van der Waals surface area contributed by atoms with E-state index in [-0.39, 0.29) is 10.6 Å². The van der Waals surface area contributed by atoms with Crippen molar-refractivity contribution < 1.29 is 18.1 Å². The Morgan fingerprint density at radius 3 is 2.54 bits per heavy atom. The van der Waals surface area contributed by atoms with Gasteiger partial charge in [0.05, 0.1) is 6.54 Å². The van der Waals surface area contributed by atoms with Gasteiger partial charge >= 0.3 is 0 Å². The van der Waals surface area contributed by atoms with E-state index in [1.165, 1.54) is 0 Å². The second-order valence-corrected chi connectivity index (χ2v) is 2.71. The monoisotopic (exact) mass is 190 g/mol. The lowest BCUT2D eigenvalue weighted by molar-refractivity contribution is -0.846. The Morgan fingerprint density at radius 2 is 2.00 bits per heavy atom. The Hall–Kier alpha value is -1.03. The van der Waals surface area contributed by atoms with Gasteiger partial charge in [0.1, 0.15) is 5.82 Å². The summed E-state index contributed by atoms with van der Waals surface area (Å²) in [4.78, 5) is 0.289. The van der Waals surface area contributed by atoms with E-state index in [1.54, 1.807) is 6.92 Å². The summed E-state index contributed by atoms with van der Waals surface area (Å²) < 4.78 is 38.0. The summed E-state index contributed by atoms with van der Waals surface area (Å²) in [6.45, 7) is 1.35. The van der Waals surface area contributed by atoms with E-state index >= 15 is 0 Å².